The number of carbonyl (C=O) groups excluding carboxylic acids is 1. The van der Waals surface area contributed by atoms with Gasteiger partial charge in [0.25, 0.3) is 5.91 Å². The highest BCUT2D eigenvalue weighted by Crippen LogP contribution is 2.21. The number of benzene rings is 2. The van der Waals surface area contributed by atoms with Gasteiger partial charge in [0.2, 0.25) is 0 Å². The lowest BCUT2D eigenvalue weighted by Gasteiger charge is -2.09. The van der Waals surface area contributed by atoms with E-state index in [1.165, 1.54) is 0 Å². The Labute approximate surface area is 147 Å². The minimum Gasteiger partial charge on any atom is -0.497 e. The zero-order valence-corrected chi connectivity index (χ0v) is 14.3. The second-order valence-electron chi connectivity index (χ2n) is 5.94. The van der Waals surface area contributed by atoms with Crippen LogP contribution in [0.15, 0.2) is 59.7 Å². The van der Waals surface area contributed by atoms with Crippen molar-refractivity contribution in [1.29, 1.82) is 0 Å². The first kappa shape index (κ1) is 17.1. The van der Waals surface area contributed by atoms with Gasteiger partial charge in [0.15, 0.2) is 0 Å². The van der Waals surface area contributed by atoms with E-state index in [-0.39, 0.29) is 18.0 Å². The number of hydrazone groups is 1. The van der Waals surface area contributed by atoms with Crippen molar-refractivity contribution in [2.24, 2.45) is 5.10 Å². The molecule has 1 fully saturated rings. The van der Waals surface area contributed by atoms with Crippen LogP contribution in [0.5, 0.6) is 5.75 Å². The fourth-order valence-corrected chi connectivity index (χ4v) is 2.75. The number of hydrazine groups is 1. The van der Waals surface area contributed by atoms with Crippen LogP contribution in [0.1, 0.15) is 30.5 Å². The Morgan fingerprint density at radius 3 is 2.52 bits per heavy atom. The number of rotatable bonds is 5. The summed E-state index contributed by atoms with van der Waals surface area (Å²) >= 11 is 0. The molecule has 0 saturated carbocycles. The topological polar surface area (TPSA) is 74.8 Å². The molecular weight excluding hydrogens is 316 g/mol. The summed E-state index contributed by atoms with van der Waals surface area (Å²) in [6, 6.07) is 17.4. The Hall–Kier alpha value is -2.70. The van der Waals surface area contributed by atoms with Gasteiger partial charge in [0, 0.05) is 6.04 Å². The molecule has 6 heteroatoms. The molecular formula is C19H22N4O2. The summed E-state index contributed by atoms with van der Waals surface area (Å²) < 4.78 is 5.14. The molecule has 1 saturated heterocycles. The molecule has 0 radical (unpaired) electrons. The quantitative estimate of drug-likeness (QED) is 0.577. The van der Waals surface area contributed by atoms with E-state index in [0.29, 0.717) is 6.42 Å². The molecule has 2 aromatic carbocycles. The Balaban J connectivity index is 1.57. The van der Waals surface area contributed by atoms with Crippen LogP contribution >= 0.6 is 0 Å². The summed E-state index contributed by atoms with van der Waals surface area (Å²) in [4.78, 5) is 12.3. The normalized spacial score (nSPS) is 20.3. The van der Waals surface area contributed by atoms with Crippen LogP contribution in [0.25, 0.3) is 0 Å². The fraction of sp³-hybridized carbons (Fsp3) is 0.263. The molecule has 6 nitrogen and oxygen atoms in total. The van der Waals surface area contributed by atoms with Gasteiger partial charge >= 0.3 is 0 Å². The number of hydrogen-bond acceptors (Lipinski definition) is 5. The molecule has 2 aromatic rings. The molecule has 0 aliphatic carbocycles. The van der Waals surface area contributed by atoms with Crippen molar-refractivity contribution >= 4 is 11.6 Å². The predicted molar refractivity (Wildman–Crippen MR) is 97.2 cm³/mol. The zero-order chi connectivity index (χ0) is 17.6. The number of amides is 1. The van der Waals surface area contributed by atoms with E-state index in [2.05, 4.69) is 21.4 Å². The van der Waals surface area contributed by atoms with Crippen molar-refractivity contribution in [3.05, 3.63) is 65.7 Å². The van der Waals surface area contributed by atoms with Crippen molar-refractivity contribution < 1.29 is 9.53 Å². The van der Waals surface area contributed by atoms with Crippen molar-refractivity contribution in [3.63, 3.8) is 0 Å². The van der Waals surface area contributed by atoms with E-state index in [1.807, 2.05) is 61.5 Å². The molecule has 1 aliphatic rings. The molecule has 25 heavy (non-hydrogen) atoms. The van der Waals surface area contributed by atoms with Crippen LogP contribution in [0, 0.1) is 0 Å². The summed E-state index contributed by atoms with van der Waals surface area (Å²) in [5, 5.41) is 4.20. The second-order valence-corrected chi connectivity index (χ2v) is 5.94. The highest BCUT2D eigenvalue weighted by molar-refractivity contribution is 5.99. The van der Waals surface area contributed by atoms with Crippen LogP contribution in [-0.2, 0) is 4.79 Å². The van der Waals surface area contributed by atoms with Crippen molar-refractivity contribution in [2.45, 2.75) is 25.4 Å². The van der Waals surface area contributed by atoms with E-state index in [9.17, 15) is 4.79 Å². The first-order valence-electron chi connectivity index (χ1n) is 8.22. The summed E-state index contributed by atoms with van der Waals surface area (Å²) in [7, 11) is 1.63. The smallest absolute Gasteiger partial charge is 0.258 e. The highest BCUT2D eigenvalue weighted by Gasteiger charge is 2.29. The number of carbonyl (C=O) groups is 1. The number of methoxy groups -OCH3 is 1. The number of nitrogens with zero attached hydrogens (tertiary/aromatic N) is 1. The number of nitrogens with one attached hydrogen (secondary N) is 3. The maximum absolute atomic E-state index is 12.3. The van der Waals surface area contributed by atoms with Gasteiger partial charge in [-0.05, 0) is 48.7 Å². The van der Waals surface area contributed by atoms with E-state index in [4.69, 9.17) is 4.74 Å². The lowest BCUT2D eigenvalue weighted by atomic mass is 10.0. The van der Waals surface area contributed by atoms with E-state index >= 15 is 0 Å². The Morgan fingerprint density at radius 2 is 1.84 bits per heavy atom. The van der Waals surface area contributed by atoms with Crippen LogP contribution in [0.2, 0.25) is 0 Å². The minimum atomic E-state index is -0.322. The molecule has 2 atom stereocenters. The fourth-order valence-electron chi connectivity index (χ4n) is 2.75. The van der Waals surface area contributed by atoms with Gasteiger partial charge in [-0.1, -0.05) is 30.3 Å². The molecule has 0 aromatic heterocycles. The molecule has 3 N–H and O–H groups in total. The maximum Gasteiger partial charge on any atom is 0.258 e. The third-order valence-corrected chi connectivity index (χ3v) is 4.26. The predicted octanol–water partition coefficient (Wildman–Crippen LogP) is 2.14. The number of ether oxygens (including phenoxy) is 1. The molecule has 1 heterocycles. The third-order valence-electron chi connectivity index (χ3n) is 4.26. The molecule has 1 aliphatic heterocycles. The Kier molecular flexibility index (Phi) is 5.42. The zero-order valence-electron chi connectivity index (χ0n) is 14.3. The van der Waals surface area contributed by atoms with Crippen LogP contribution in [0.3, 0.4) is 0 Å². The summed E-state index contributed by atoms with van der Waals surface area (Å²) in [6.07, 6.45) is 0.674. The minimum absolute atomic E-state index is 0.114. The molecule has 1 amide bonds. The summed E-state index contributed by atoms with van der Waals surface area (Å²) in [6.45, 7) is 1.86. The molecule has 130 valence electrons. The average molecular weight is 338 g/mol. The van der Waals surface area contributed by atoms with Crippen molar-refractivity contribution in [3.8, 4) is 5.75 Å². The Morgan fingerprint density at radius 1 is 1.12 bits per heavy atom. The lowest BCUT2D eigenvalue weighted by Crippen LogP contribution is -2.41. The van der Waals surface area contributed by atoms with E-state index < -0.39 is 0 Å². The molecule has 2 unspecified atom stereocenters. The van der Waals surface area contributed by atoms with Crippen LogP contribution < -0.4 is 21.0 Å². The maximum atomic E-state index is 12.3. The molecule has 3 rings (SSSR count). The number of hydrogen-bond donors (Lipinski definition) is 3. The second kappa shape index (κ2) is 7.92. The molecule has 0 spiro atoms. The Bertz CT molecular complexity index is 744. The van der Waals surface area contributed by atoms with E-state index in [0.717, 1.165) is 22.6 Å². The highest BCUT2D eigenvalue weighted by atomic mass is 16.5. The van der Waals surface area contributed by atoms with Crippen LogP contribution in [-0.4, -0.2) is 24.8 Å². The average Bonchev–Trinajstić information content (AvgIpc) is 3.17. The third kappa shape index (κ3) is 4.23. The van der Waals surface area contributed by atoms with Gasteiger partial charge in [-0.15, -0.1) is 0 Å². The summed E-state index contributed by atoms with van der Waals surface area (Å²) in [5.41, 5.74) is 11.7. The molecule has 0 bridgehead atoms. The SMILES string of the molecule is COc1ccc(/C(C)=N/NC(=O)C2CC(c3ccccc3)NN2)cc1. The van der Waals surface area contributed by atoms with Gasteiger partial charge in [0.05, 0.1) is 12.8 Å². The van der Waals surface area contributed by atoms with Gasteiger partial charge in [-0.2, -0.15) is 5.10 Å². The largest absolute Gasteiger partial charge is 0.497 e. The van der Waals surface area contributed by atoms with Gasteiger partial charge in [-0.3, -0.25) is 4.79 Å². The van der Waals surface area contributed by atoms with Crippen molar-refractivity contribution in [1.82, 2.24) is 16.3 Å². The van der Waals surface area contributed by atoms with E-state index in [1.54, 1.807) is 7.11 Å². The summed E-state index contributed by atoms with van der Waals surface area (Å²) in [5.74, 6) is 0.632. The lowest BCUT2D eigenvalue weighted by molar-refractivity contribution is -0.122. The van der Waals surface area contributed by atoms with Gasteiger partial charge < -0.3 is 4.74 Å². The monoisotopic (exact) mass is 338 g/mol. The van der Waals surface area contributed by atoms with Crippen molar-refractivity contribution in [2.75, 3.05) is 7.11 Å². The van der Waals surface area contributed by atoms with Gasteiger partial charge in [0.1, 0.15) is 11.8 Å². The van der Waals surface area contributed by atoms with Crippen LogP contribution in [0.4, 0.5) is 0 Å². The first-order chi connectivity index (χ1) is 12.2. The first-order valence-corrected chi connectivity index (χ1v) is 8.22. The standard InChI is InChI=1S/C19H22N4O2/c1-13(14-8-10-16(25-2)11-9-14)20-23-19(24)18-12-17(21-22-18)15-6-4-3-5-7-15/h3-11,17-18,21-22H,12H2,1-2H3,(H,23,24)/b20-13+. The van der Waals surface area contributed by atoms with Gasteiger partial charge in [-0.25, -0.2) is 16.3 Å².